The van der Waals surface area contributed by atoms with Gasteiger partial charge in [-0.05, 0) is 25.7 Å². The largest absolute Gasteiger partial charge is 0.490 e. The zero-order chi connectivity index (χ0) is 14.0. The van der Waals surface area contributed by atoms with Crippen molar-refractivity contribution in [3.05, 3.63) is 12.2 Å². The second-order valence-corrected chi connectivity index (χ2v) is 3.53. The highest BCUT2D eigenvalue weighted by Gasteiger charge is 2.40. The fourth-order valence-corrected chi connectivity index (χ4v) is 1.08. The summed E-state index contributed by atoms with van der Waals surface area (Å²) in [5.41, 5.74) is 0. The number of carboxylic acid groups (broad SMARTS) is 1. The molecule has 0 aliphatic rings. The van der Waals surface area contributed by atoms with Gasteiger partial charge in [0.15, 0.2) is 0 Å². The van der Waals surface area contributed by atoms with Gasteiger partial charge < -0.3 is 9.84 Å². The number of carbonyl (C=O) groups is 2. The first kappa shape index (κ1) is 16.5. The average molecular weight is 268 g/mol. The normalized spacial score (nSPS) is 11.7. The molecule has 0 saturated heterocycles. The van der Waals surface area contributed by atoms with Crippen LogP contribution in [0.15, 0.2) is 12.2 Å². The van der Waals surface area contributed by atoms with Gasteiger partial charge in [0, 0.05) is 6.42 Å². The van der Waals surface area contributed by atoms with Crippen molar-refractivity contribution in [1.29, 1.82) is 0 Å². The van der Waals surface area contributed by atoms with Gasteiger partial charge in [-0.15, -0.1) is 0 Å². The number of rotatable bonds is 8. The predicted octanol–water partition coefficient (Wildman–Crippen LogP) is 2.68. The number of unbranched alkanes of at least 4 members (excludes halogenated alkanes) is 2. The molecule has 0 fully saturated rings. The number of allylic oxidation sites excluding steroid dienone is 1. The number of esters is 1. The van der Waals surface area contributed by atoms with Gasteiger partial charge in [0.2, 0.25) is 0 Å². The Hall–Kier alpha value is -1.53. The molecule has 0 rings (SSSR count). The summed E-state index contributed by atoms with van der Waals surface area (Å²) in [7, 11) is 0. The molecule has 0 atom stereocenters. The number of ether oxygens (including phenoxy) is 1. The number of carbonyl (C=O) groups excluding carboxylic acids is 1. The van der Waals surface area contributed by atoms with Crippen LogP contribution in [0.5, 0.6) is 0 Å². The molecule has 0 aliphatic heterocycles. The van der Waals surface area contributed by atoms with Crippen LogP contribution >= 0.6 is 0 Å². The molecular weight excluding hydrogens is 253 g/mol. The monoisotopic (exact) mass is 268 g/mol. The maximum Gasteiger partial charge on any atom is 0.490 e. The Morgan fingerprint density at radius 3 is 2.28 bits per heavy atom. The van der Waals surface area contributed by atoms with Crippen LogP contribution in [-0.2, 0) is 14.3 Å². The summed E-state index contributed by atoms with van der Waals surface area (Å²) in [6.07, 6.45) is 0.612. The van der Waals surface area contributed by atoms with Gasteiger partial charge in [0.05, 0.1) is 6.61 Å². The van der Waals surface area contributed by atoms with E-state index in [4.69, 9.17) is 5.11 Å². The summed E-state index contributed by atoms with van der Waals surface area (Å²) in [6, 6.07) is 0. The molecular formula is C11H15F3O4. The third kappa shape index (κ3) is 9.68. The lowest BCUT2D eigenvalue weighted by Gasteiger charge is -2.05. The van der Waals surface area contributed by atoms with Crippen molar-refractivity contribution in [2.45, 2.75) is 38.3 Å². The summed E-state index contributed by atoms with van der Waals surface area (Å²) in [5.74, 6) is -3.03. The smallest absolute Gasteiger partial charge is 0.481 e. The molecule has 0 radical (unpaired) electrons. The second kappa shape index (κ2) is 8.54. The van der Waals surface area contributed by atoms with Crippen LogP contribution in [0.1, 0.15) is 32.1 Å². The lowest BCUT2D eigenvalue weighted by Crippen LogP contribution is -2.25. The molecule has 18 heavy (non-hydrogen) atoms. The van der Waals surface area contributed by atoms with Crippen molar-refractivity contribution in [3.8, 4) is 0 Å². The van der Waals surface area contributed by atoms with Crippen molar-refractivity contribution in [2.75, 3.05) is 6.61 Å². The highest BCUT2D eigenvalue weighted by atomic mass is 19.4. The zero-order valence-electron chi connectivity index (χ0n) is 9.70. The van der Waals surface area contributed by atoms with Crippen LogP contribution in [-0.4, -0.2) is 29.8 Å². The standard InChI is InChI=1S/C11H15F3O4/c12-11(13,14)10(17)18-8-6-4-2-1-3-5-7-9(15)16/h2,4H,1,3,5-8H2,(H,15,16)/b4-2+. The predicted molar refractivity (Wildman–Crippen MR) is 56.9 cm³/mol. The van der Waals surface area contributed by atoms with Crippen molar-refractivity contribution in [1.82, 2.24) is 0 Å². The lowest BCUT2D eigenvalue weighted by molar-refractivity contribution is -0.199. The van der Waals surface area contributed by atoms with E-state index in [0.29, 0.717) is 19.3 Å². The average Bonchev–Trinajstić information content (AvgIpc) is 2.24. The maximum atomic E-state index is 11.7. The molecule has 0 saturated carbocycles. The number of halogens is 3. The van der Waals surface area contributed by atoms with Gasteiger partial charge in [0.1, 0.15) is 0 Å². The Morgan fingerprint density at radius 2 is 1.72 bits per heavy atom. The fourth-order valence-electron chi connectivity index (χ4n) is 1.08. The van der Waals surface area contributed by atoms with Crippen LogP contribution in [0.2, 0.25) is 0 Å². The number of carboxylic acids is 1. The van der Waals surface area contributed by atoms with Crippen molar-refractivity contribution in [3.63, 3.8) is 0 Å². The molecule has 0 spiro atoms. The topological polar surface area (TPSA) is 63.6 Å². The Kier molecular flexibility index (Phi) is 7.82. The SMILES string of the molecule is O=C(O)CCCC/C=C/CCOC(=O)C(F)(F)F. The highest BCUT2D eigenvalue weighted by Crippen LogP contribution is 2.16. The van der Waals surface area contributed by atoms with E-state index in [-0.39, 0.29) is 19.4 Å². The minimum Gasteiger partial charge on any atom is -0.481 e. The van der Waals surface area contributed by atoms with Crippen molar-refractivity contribution in [2.24, 2.45) is 0 Å². The molecule has 1 N–H and O–H groups in total. The molecule has 104 valence electrons. The van der Waals surface area contributed by atoms with Crippen molar-refractivity contribution < 1.29 is 32.6 Å². The van der Waals surface area contributed by atoms with E-state index in [1.54, 1.807) is 12.2 Å². The third-order valence-corrected chi connectivity index (χ3v) is 1.93. The summed E-state index contributed by atoms with van der Waals surface area (Å²) in [5, 5.41) is 8.35. The number of hydrogen-bond donors (Lipinski definition) is 1. The van der Waals surface area contributed by atoms with Crippen LogP contribution < -0.4 is 0 Å². The highest BCUT2D eigenvalue weighted by molar-refractivity contribution is 5.75. The third-order valence-electron chi connectivity index (χ3n) is 1.93. The summed E-state index contributed by atoms with van der Waals surface area (Å²) >= 11 is 0. The molecule has 0 unspecified atom stereocenters. The van der Waals surface area contributed by atoms with Gasteiger partial charge >= 0.3 is 18.1 Å². The molecule has 0 amide bonds. The molecule has 4 nitrogen and oxygen atoms in total. The zero-order valence-corrected chi connectivity index (χ0v) is 9.70. The first-order valence-corrected chi connectivity index (χ1v) is 5.44. The molecule has 0 aromatic heterocycles. The van der Waals surface area contributed by atoms with Crippen LogP contribution in [0.4, 0.5) is 13.2 Å². The number of aliphatic carboxylic acids is 1. The molecule has 7 heteroatoms. The quantitative estimate of drug-likeness (QED) is 0.417. The van der Waals surface area contributed by atoms with Crippen LogP contribution in [0, 0.1) is 0 Å². The molecule has 0 aromatic carbocycles. The summed E-state index contributed by atoms with van der Waals surface area (Å²) in [6.45, 7) is -0.316. The van der Waals surface area contributed by atoms with E-state index in [9.17, 15) is 22.8 Å². The van der Waals surface area contributed by atoms with E-state index in [0.717, 1.165) is 0 Å². The van der Waals surface area contributed by atoms with E-state index in [1.807, 2.05) is 0 Å². The Morgan fingerprint density at radius 1 is 1.11 bits per heavy atom. The summed E-state index contributed by atoms with van der Waals surface area (Å²) < 4.78 is 39.0. The van der Waals surface area contributed by atoms with E-state index in [2.05, 4.69) is 4.74 Å². The maximum absolute atomic E-state index is 11.7. The van der Waals surface area contributed by atoms with E-state index >= 15 is 0 Å². The molecule has 0 bridgehead atoms. The van der Waals surface area contributed by atoms with Gasteiger partial charge in [-0.1, -0.05) is 12.2 Å². The van der Waals surface area contributed by atoms with E-state index in [1.165, 1.54) is 0 Å². The number of alkyl halides is 3. The lowest BCUT2D eigenvalue weighted by atomic mass is 10.2. The summed E-state index contributed by atoms with van der Waals surface area (Å²) in [4.78, 5) is 20.4. The Balaban J connectivity index is 3.44. The first-order valence-electron chi connectivity index (χ1n) is 5.44. The minimum atomic E-state index is -4.94. The van der Waals surface area contributed by atoms with Crippen molar-refractivity contribution >= 4 is 11.9 Å². The Labute approximate surface area is 102 Å². The number of hydrogen-bond acceptors (Lipinski definition) is 3. The van der Waals surface area contributed by atoms with Gasteiger partial charge in [0.25, 0.3) is 0 Å². The first-order chi connectivity index (χ1) is 8.34. The fraction of sp³-hybridized carbons (Fsp3) is 0.636. The molecule has 0 aromatic rings. The van der Waals surface area contributed by atoms with E-state index < -0.39 is 18.1 Å². The van der Waals surface area contributed by atoms with Crippen LogP contribution in [0.25, 0.3) is 0 Å². The Bertz CT molecular complexity index is 297. The van der Waals surface area contributed by atoms with Gasteiger partial charge in [-0.3, -0.25) is 4.79 Å². The van der Waals surface area contributed by atoms with Gasteiger partial charge in [-0.25, -0.2) is 4.79 Å². The second-order valence-electron chi connectivity index (χ2n) is 3.53. The van der Waals surface area contributed by atoms with Crippen LogP contribution in [0.3, 0.4) is 0 Å². The molecule has 0 aliphatic carbocycles. The minimum absolute atomic E-state index is 0.108. The van der Waals surface area contributed by atoms with Gasteiger partial charge in [-0.2, -0.15) is 13.2 Å². The molecule has 0 heterocycles.